The normalized spacial score (nSPS) is 25.8. The van der Waals surface area contributed by atoms with Crippen molar-refractivity contribution in [2.75, 3.05) is 6.61 Å². The van der Waals surface area contributed by atoms with E-state index in [4.69, 9.17) is 23.4 Å². The summed E-state index contributed by atoms with van der Waals surface area (Å²) in [6.07, 6.45) is 0.777. The molecule has 26 heavy (non-hydrogen) atoms. The molecule has 0 aromatic heterocycles. The monoisotopic (exact) mass is 368 g/mol. The van der Waals surface area contributed by atoms with Crippen LogP contribution in [0.3, 0.4) is 0 Å². The summed E-state index contributed by atoms with van der Waals surface area (Å²) in [5.74, 6) is -0.231. The van der Waals surface area contributed by atoms with Gasteiger partial charge in [0.25, 0.3) is 0 Å². The van der Waals surface area contributed by atoms with Gasteiger partial charge in [-0.3, -0.25) is 4.79 Å². The average molecular weight is 368 g/mol. The minimum Gasteiger partial charge on any atom is -0.466 e. The molecule has 2 fully saturated rings. The van der Waals surface area contributed by atoms with E-state index in [1.54, 1.807) is 6.92 Å². The van der Waals surface area contributed by atoms with Crippen LogP contribution in [0.25, 0.3) is 0 Å². The smallest absolute Gasteiger partial charge is 0.458 e. The molecular weight excluding hydrogens is 334 g/mol. The molecule has 0 atom stereocenters. The van der Waals surface area contributed by atoms with E-state index < -0.39 is 36.6 Å². The second-order valence-electron chi connectivity index (χ2n) is 9.26. The van der Waals surface area contributed by atoms with Gasteiger partial charge in [0, 0.05) is 12.1 Å². The second kappa shape index (κ2) is 7.12. The third-order valence-corrected chi connectivity index (χ3v) is 6.23. The zero-order valence-corrected chi connectivity index (χ0v) is 17.8. The molecule has 2 rings (SSSR count). The van der Waals surface area contributed by atoms with Crippen LogP contribution in [-0.4, -0.2) is 49.2 Å². The molecule has 0 radical (unpaired) electrons. The molecule has 6 nitrogen and oxygen atoms in total. The highest BCUT2D eigenvalue weighted by molar-refractivity contribution is 6.68. The maximum absolute atomic E-state index is 11.9. The summed E-state index contributed by atoms with van der Waals surface area (Å²) in [6, 6.07) is 0. The molecule has 0 unspecified atom stereocenters. The summed E-state index contributed by atoms with van der Waals surface area (Å²) in [7, 11) is -1.02. The van der Waals surface area contributed by atoms with Gasteiger partial charge in [0.1, 0.15) is 0 Å². The van der Waals surface area contributed by atoms with Crippen molar-refractivity contribution in [3.05, 3.63) is 0 Å². The van der Waals surface area contributed by atoms with E-state index in [-0.39, 0.29) is 18.1 Å². The molecule has 0 amide bonds. The molecule has 148 valence electrons. The Balaban J connectivity index is 2.20. The Labute approximate surface area is 158 Å². The fourth-order valence-electron chi connectivity index (χ4n) is 3.05. The van der Waals surface area contributed by atoms with Gasteiger partial charge in [-0.2, -0.15) is 0 Å². The Morgan fingerprint density at radius 3 is 1.46 bits per heavy atom. The van der Waals surface area contributed by atoms with E-state index >= 15 is 0 Å². The van der Waals surface area contributed by atoms with Crippen LogP contribution in [0.15, 0.2) is 0 Å². The Hall–Kier alpha value is -0.560. The summed E-state index contributed by atoms with van der Waals surface area (Å²) in [5.41, 5.74) is -2.05. The van der Waals surface area contributed by atoms with Crippen LogP contribution in [0, 0.1) is 0 Å². The Bertz CT molecular complexity index is 464. The van der Waals surface area contributed by atoms with Crippen molar-refractivity contribution < 1.29 is 28.1 Å². The maximum Gasteiger partial charge on any atom is 0.458 e. The van der Waals surface area contributed by atoms with Crippen molar-refractivity contribution in [1.82, 2.24) is 0 Å². The fraction of sp³-hybridized carbons (Fsp3) is 0.944. The van der Waals surface area contributed by atoms with E-state index in [0.29, 0.717) is 13.0 Å². The summed E-state index contributed by atoms with van der Waals surface area (Å²) >= 11 is 0. The Kier molecular flexibility index (Phi) is 5.95. The van der Waals surface area contributed by atoms with E-state index in [2.05, 4.69) is 0 Å². The maximum atomic E-state index is 11.9. The number of esters is 1. The van der Waals surface area contributed by atoms with Crippen LogP contribution >= 0.6 is 0 Å². The predicted molar refractivity (Wildman–Crippen MR) is 102 cm³/mol. The lowest BCUT2D eigenvalue weighted by Crippen LogP contribution is -2.41. The molecule has 2 saturated heterocycles. The standard InChI is InChI=1S/C18H34B2O6/c1-10-22-14(21)12-11-13(19-23-15(2,3)16(4,5)24-19)20-25-17(6,7)18(8,9)26-20/h13H,10-12H2,1-9H3. The number of hydrogen-bond donors (Lipinski definition) is 0. The summed E-state index contributed by atoms with van der Waals surface area (Å²) in [4.78, 5) is 11.9. The number of rotatable bonds is 6. The van der Waals surface area contributed by atoms with Crippen LogP contribution in [0.2, 0.25) is 5.72 Å². The summed E-state index contributed by atoms with van der Waals surface area (Å²) < 4.78 is 30.0. The van der Waals surface area contributed by atoms with Crippen molar-refractivity contribution in [2.45, 2.75) is 103 Å². The van der Waals surface area contributed by atoms with E-state index in [1.807, 2.05) is 55.4 Å². The molecule has 0 spiro atoms. The number of carbonyl (C=O) groups is 1. The fourth-order valence-corrected chi connectivity index (χ4v) is 3.05. The SMILES string of the molecule is CCOC(=O)CCC(B1OC(C)(C)C(C)(C)O1)B1OC(C)(C)C(C)(C)O1. The number of carbonyl (C=O) groups excluding carboxylic acids is 1. The first-order valence-electron chi connectivity index (χ1n) is 9.59. The Morgan fingerprint density at radius 2 is 1.15 bits per heavy atom. The van der Waals surface area contributed by atoms with Crippen LogP contribution in [0.1, 0.15) is 75.2 Å². The molecule has 0 N–H and O–H groups in total. The van der Waals surface area contributed by atoms with Crippen LogP contribution in [0.4, 0.5) is 0 Å². The van der Waals surface area contributed by atoms with Gasteiger partial charge < -0.3 is 23.4 Å². The highest BCUT2D eigenvalue weighted by Crippen LogP contribution is 2.46. The topological polar surface area (TPSA) is 63.2 Å². The lowest BCUT2D eigenvalue weighted by Gasteiger charge is -2.32. The zero-order valence-electron chi connectivity index (χ0n) is 17.8. The van der Waals surface area contributed by atoms with Gasteiger partial charge in [-0.1, -0.05) is 0 Å². The largest absolute Gasteiger partial charge is 0.466 e. The van der Waals surface area contributed by atoms with Gasteiger partial charge in [0.2, 0.25) is 0 Å². The van der Waals surface area contributed by atoms with Gasteiger partial charge in [-0.15, -0.1) is 0 Å². The Morgan fingerprint density at radius 1 is 0.808 bits per heavy atom. The highest BCUT2D eigenvalue weighted by atomic mass is 16.7. The quantitative estimate of drug-likeness (QED) is 0.529. The molecule has 2 aliphatic heterocycles. The minimum absolute atomic E-state index is 0.231. The van der Waals surface area contributed by atoms with Crippen molar-refractivity contribution in [3.63, 3.8) is 0 Å². The van der Waals surface area contributed by atoms with Gasteiger partial charge >= 0.3 is 20.2 Å². The van der Waals surface area contributed by atoms with E-state index in [0.717, 1.165) is 0 Å². The van der Waals surface area contributed by atoms with E-state index in [9.17, 15) is 4.79 Å². The molecule has 2 aliphatic rings. The first-order chi connectivity index (χ1) is 11.7. The highest BCUT2D eigenvalue weighted by Gasteiger charge is 2.61. The molecule has 0 aromatic carbocycles. The average Bonchev–Trinajstić information content (AvgIpc) is 2.79. The molecule has 0 bridgehead atoms. The molecule has 0 aliphatic carbocycles. The molecular formula is C18H34B2O6. The van der Waals surface area contributed by atoms with Crippen LogP contribution in [-0.2, 0) is 28.1 Å². The molecule has 8 heteroatoms. The zero-order chi connectivity index (χ0) is 20.0. The lowest BCUT2D eigenvalue weighted by atomic mass is 9.50. The van der Waals surface area contributed by atoms with Crippen molar-refractivity contribution in [1.29, 1.82) is 0 Å². The van der Waals surface area contributed by atoms with Crippen molar-refractivity contribution in [2.24, 2.45) is 0 Å². The molecule has 0 aromatic rings. The summed E-state index contributed by atoms with van der Waals surface area (Å²) in [5, 5.41) is 0. The third kappa shape index (κ3) is 4.13. The molecule has 2 heterocycles. The lowest BCUT2D eigenvalue weighted by molar-refractivity contribution is -0.143. The number of ether oxygens (including phenoxy) is 1. The second-order valence-corrected chi connectivity index (χ2v) is 9.26. The predicted octanol–water partition coefficient (Wildman–Crippen LogP) is 3.42. The van der Waals surface area contributed by atoms with Crippen LogP contribution < -0.4 is 0 Å². The first-order valence-corrected chi connectivity index (χ1v) is 9.59. The van der Waals surface area contributed by atoms with Gasteiger partial charge in [0.15, 0.2) is 0 Å². The van der Waals surface area contributed by atoms with Crippen LogP contribution in [0.5, 0.6) is 0 Å². The van der Waals surface area contributed by atoms with Gasteiger partial charge in [-0.25, -0.2) is 0 Å². The molecule has 0 saturated carbocycles. The number of hydrogen-bond acceptors (Lipinski definition) is 6. The van der Waals surface area contributed by atoms with E-state index in [1.165, 1.54) is 0 Å². The van der Waals surface area contributed by atoms with Crippen molar-refractivity contribution >= 4 is 20.2 Å². The van der Waals surface area contributed by atoms with Gasteiger partial charge in [0.05, 0.1) is 29.0 Å². The summed E-state index contributed by atoms with van der Waals surface area (Å²) in [6.45, 7) is 18.3. The van der Waals surface area contributed by atoms with Crippen molar-refractivity contribution in [3.8, 4) is 0 Å². The van der Waals surface area contributed by atoms with Gasteiger partial charge in [-0.05, 0) is 68.7 Å². The first kappa shape index (κ1) is 21.7. The third-order valence-electron chi connectivity index (χ3n) is 6.23. The minimum atomic E-state index is -0.510.